The van der Waals surface area contributed by atoms with Crippen molar-refractivity contribution in [1.29, 1.82) is 0 Å². The molecule has 3 aromatic rings. The molecular formula is C27H31NO5. The van der Waals surface area contributed by atoms with Gasteiger partial charge in [-0.1, -0.05) is 18.2 Å². The second kappa shape index (κ2) is 9.30. The lowest BCUT2D eigenvalue weighted by molar-refractivity contribution is -0.153. The zero-order chi connectivity index (χ0) is 23.6. The predicted molar refractivity (Wildman–Crippen MR) is 126 cm³/mol. The number of benzene rings is 2. The van der Waals surface area contributed by atoms with E-state index >= 15 is 0 Å². The van der Waals surface area contributed by atoms with Gasteiger partial charge < -0.3 is 19.2 Å². The normalized spacial score (nSPS) is 13.7. The van der Waals surface area contributed by atoms with E-state index in [1.807, 2.05) is 70.2 Å². The van der Waals surface area contributed by atoms with Gasteiger partial charge in [-0.05, 0) is 76.3 Å². The molecule has 6 nitrogen and oxygen atoms in total. The summed E-state index contributed by atoms with van der Waals surface area (Å²) in [4.78, 5) is 24.8. The van der Waals surface area contributed by atoms with E-state index in [4.69, 9.17) is 13.9 Å². The molecule has 4 rings (SSSR count). The molecule has 0 saturated heterocycles. The van der Waals surface area contributed by atoms with E-state index in [0.717, 1.165) is 28.6 Å². The van der Waals surface area contributed by atoms with Gasteiger partial charge in [0.05, 0.1) is 6.42 Å². The van der Waals surface area contributed by atoms with Gasteiger partial charge in [0.2, 0.25) is 0 Å². The first-order chi connectivity index (χ1) is 15.7. The average Bonchev–Trinajstić information content (AvgIpc) is 3.47. The lowest BCUT2D eigenvalue weighted by Crippen LogP contribution is -2.25. The number of carbonyl (C=O) groups excluding carboxylic acids is 2. The fraction of sp³-hybridized carbons (Fsp3) is 0.407. The Hall–Kier alpha value is -3.28. The van der Waals surface area contributed by atoms with Crippen LogP contribution in [0.2, 0.25) is 0 Å². The summed E-state index contributed by atoms with van der Waals surface area (Å²) < 4.78 is 17.4. The van der Waals surface area contributed by atoms with E-state index < -0.39 is 5.60 Å². The summed E-state index contributed by atoms with van der Waals surface area (Å²) in [6.07, 6.45) is 2.53. The van der Waals surface area contributed by atoms with Gasteiger partial charge in [-0.15, -0.1) is 0 Å². The SMILES string of the molecule is Cc1cc(C(=O)NCC2CC2)cc2cc(COc3ccccc3CC(=O)OC(C)(C)C)oc12. The molecule has 1 fully saturated rings. The van der Waals surface area contributed by atoms with Crippen molar-refractivity contribution in [3.8, 4) is 5.75 Å². The minimum Gasteiger partial charge on any atom is -0.485 e. The molecule has 0 spiro atoms. The highest BCUT2D eigenvalue weighted by Gasteiger charge is 2.22. The monoisotopic (exact) mass is 449 g/mol. The lowest BCUT2D eigenvalue weighted by atomic mass is 10.1. The largest absolute Gasteiger partial charge is 0.485 e. The van der Waals surface area contributed by atoms with Gasteiger partial charge >= 0.3 is 5.97 Å². The van der Waals surface area contributed by atoms with E-state index in [9.17, 15) is 9.59 Å². The number of amides is 1. The van der Waals surface area contributed by atoms with E-state index in [1.54, 1.807) is 0 Å². The van der Waals surface area contributed by atoms with E-state index in [1.165, 1.54) is 12.8 Å². The van der Waals surface area contributed by atoms with Crippen LogP contribution in [0.5, 0.6) is 5.75 Å². The van der Waals surface area contributed by atoms with Gasteiger partial charge in [0.25, 0.3) is 5.91 Å². The fourth-order valence-corrected chi connectivity index (χ4v) is 3.72. The van der Waals surface area contributed by atoms with Crippen molar-refractivity contribution in [3.05, 3.63) is 64.9 Å². The average molecular weight is 450 g/mol. The number of fused-ring (bicyclic) bond motifs is 1. The minimum absolute atomic E-state index is 0.0537. The third-order valence-corrected chi connectivity index (χ3v) is 5.46. The highest BCUT2D eigenvalue weighted by atomic mass is 16.6. The minimum atomic E-state index is -0.535. The third kappa shape index (κ3) is 6.15. The number of furan rings is 1. The van der Waals surface area contributed by atoms with Crippen molar-refractivity contribution in [2.75, 3.05) is 6.54 Å². The van der Waals surface area contributed by atoms with Crippen molar-refractivity contribution in [2.45, 2.75) is 59.2 Å². The zero-order valence-corrected chi connectivity index (χ0v) is 19.7. The molecule has 33 heavy (non-hydrogen) atoms. The molecule has 1 amide bonds. The van der Waals surface area contributed by atoms with Crippen molar-refractivity contribution in [3.63, 3.8) is 0 Å². The van der Waals surface area contributed by atoms with Crippen molar-refractivity contribution in [2.24, 2.45) is 5.92 Å². The van der Waals surface area contributed by atoms with Crippen LogP contribution in [0.3, 0.4) is 0 Å². The van der Waals surface area contributed by atoms with Crippen LogP contribution in [0.4, 0.5) is 0 Å². The predicted octanol–water partition coefficient (Wildman–Crippen LogP) is 5.34. The molecule has 0 bridgehead atoms. The van der Waals surface area contributed by atoms with Gasteiger partial charge in [-0.25, -0.2) is 0 Å². The van der Waals surface area contributed by atoms with Crippen molar-refractivity contribution < 1.29 is 23.5 Å². The summed E-state index contributed by atoms with van der Waals surface area (Å²) in [5, 5.41) is 3.88. The van der Waals surface area contributed by atoms with Crippen LogP contribution in [-0.2, 0) is 22.6 Å². The Balaban J connectivity index is 1.45. The molecule has 1 heterocycles. The van der Waals surface area contributed by atoms with Gasteiger partial charge in [0.15, 0.2) is 0 Å². The number of hydrogen-bond donors (Lipinski definition) is 1. The van der Waals surface area contributed by atoms with Gasteiger partial charge in [0, 0.05) is 23.1 Å². The molecule has 1 aliphatic carbocycles. The summed E-state index contributed by atoms with van der Waals surface area (Å²) in [5.74, 6) is 1.54. The fourth-order valence-electron chi connectivity index (χ4n) is 3.72. The Kier molecular flexibility index (Phi) is 6.45. The number of para-hydroxylation sites is 1. The summed E-state index contributed by atoms with van der Waals surface area (Å²) in [6, 6.07) is 13.0. The number of esters is 1. The molecule has 0 aliphatic heterocycles. The number of ether oxygens (including phenoxy) is 2. The smallest absolute Gasteiger partial charge is 0.310 e. The highest BCUT2D eigenvalue weighted by molar-refractivity contribution is 5.98. The molecular weight excluding hydrogens is 418 g/mol. The lowest BCUT2D eigenvalue weighted by Gasteiger charge is -2.20. The third-order valence-electron chi connectivity index (χ3n) is 5.46. The topological polar surface area (TPSA) is 77.8 Å². The Bertz CT molecular complexity index is 1170. The molecule has 1 N–H and O–H groups in total. The van der Waals surface area contributed by atoms with Crippen LogP contribution < -0.4 is 10.1 Å². The number of nitrogens with one attached hydrogen (secondary N) is 1. The van der Waals surface area contributed by atoms with Crippen LogP contribution in [0.1, 0.15) is 60.9 Å². The second-order valence-corrected chi connectivity index (χ2v) is 9.74. The zero-order valence-electron chi connectivity index (χ0n) is 19.7. The van der Waals surface area contributed by atoms with Gasteiger partial charge in [-0.2, -0.15) is 0 Å². The maximum absolute atomic E-state index is 12.5. The number of carbonyl (C=O) groups is 2. The Morgan fingerprint density at radius 1 is 1.12 bits per heavy atom. The molecule has 174 valence electrons. The molecule has 0 atom stereocenters. The number of aryl methyl sites for hydroxylation is 1. The van der Waals surface area contributed by atoms with E-state index in [-0.39, 0.29) is 24.9 Å². The molecule has 0 radical (unpaired) electrons. The summed E-state index contributed by atoms with van der Waals surface area (Å²) in [5.41, 5.74) is 2.51. The van der Waals surface area contributed by atoms with E-state index in [0.29, 0.717) is 23.0 Å². The van der Waals surface area contributed by atoms with Crippen LogP contribution >= 0.6 is 0 Å². The Morgan fingerprint density at radius 2 is 1.88 bits per heavy atom. The molecule has 1 aliphatic rings. The van der Waals surface area contributed by atoms with Gasteiger partial charge in [0.1, 0.15) is 29.3 Å². The Morgan fingerprint density at radius 3 is 2.61 bits per heavy atom. The van der Waals surface area contributed by atoms with Gasteiger partial charge in [-0.3, -0.25) is 9.59 Å². The number of rotatable bonds is 8. The van der Waals surface area contributed by atoms with Crippen molar-refractivity contribution >= 4 is 22.8 Å². The highest BCUT2D eigenvalue weighted by Crippen LogP contribution is 2.29. The maximum atomic E-state index is 12.5. The van der Waals surface area contributed by atoms with E-state index in [2.05, 4.69) is 5.32 Å². The number of hydrogen-bond acceptors (Lipinski definition) is 5. The first-order valence-corrected chi connectivity index (χ1v) is 11.4. The molecule has 6 heteroatoms. The standard InChI is InChI=1S/C27H31NO5/c1-17-11-21(26(30)28-15-18-9-10-18)12-20-13-22(32-25(17)20)16-31-23-8-6-5-7-19(23)14-24(29)33-27(2,3)4/h5-8,11-13,18H,9-10,14-16H2,1-4H3,(H,28,30). The Labute approximate surface area is 194 Å². The molecule has 2 aromatic carbocycles. The first kappa shape index (κ1) is 22.9. The molecule has 1 saturated carbocycles. The van der Waals surface area contributed by atoms with Crippen LogP contribution in [0, 0.1) is 12.8 Å². The van der Waals surface area contributed by atoms with Crippen LogP contribution in [-0.4, -0.2) is 24.0 Å². The van der Waals surface area contributed by atoms with Crippen molar-refractivity contribution in [1.82, 2.24) is 5.32 Å². The molecule has 0 unspecified atom stereocenters. The van der Waals surface area contributed by atoms with Crippen LogP contribution in [0.25, 0.3) is 11.0 Å². The second-order valence-electron chi connectivity index (χ2n) is 9.74. The molecule has 1 aromatic heterocycles. The quantitative estimate of drug-likeness (QED) is 0.470. The summed E-state index contributed by atoms with van der Waals surface area (Å²) in [6.45, 7) is 8.42. The summed E-state index contributed by atoms with van der Waals surface area (Å²) >= 11 is 0. The summed E-state index contributed by atoms with van der Waals surface area (Å²) in [7, 11) is 0. The maximum Gasteiger partial charge on any atom is 0.310 e. The first-order valence-electron chi connectivity index (χ1n) is 11.4. The van der Waals surface area contributed by atoms with Crippen LogP contribution in [0.15, 0.2) is 46.9 Å².